The maximum Gasteiger partial charge on any atom is 0.245 e. The molecule has 1 atom stereocenters. The average Bonchev–Trinajstić information content (AvgIpc) is 2.64. The molecular formula is C10H12BrN3O2. The molecule has 0 aliphatic carbocycles. The Morgan fingerprint density at radius 2 is 2.44 bits per heavy atom. The quantitative estimate of drug-likeness (QED) is 0.811. The van der Waals surface area contributed by atoms with Crippen LogP contribution < -0.4 is 5.32 Å². The normalized spacial score (nSPS) is 21.0. The minimum Gasteiger partial charge on any atom is -0.313 e. The maximum absolute atomic E-state index is 11.8. The lowest BCUT2D eigenvalue weighted by atomic mass is 10.2. The molecule has 1 aromatic rings. The van der Waals surface area contributed by atoms with Crippen LogP contribution in [0.2, 0.25) is 0 Å². The van der Waals surface area contributed by atoms with Crippen molar-refractivity contribution < 1.29 is 10.0 Å². The highest BCUT2D eigenvalue weighted by Gasteiger charge is 2.29. The second-order valence-electron chi connectivity index (χ2n) is 3.66. The smallest absolute Gasteiger partial charge is 0.245 e. The summed E-state index contributed by atoms with van der Waals surface area (Å²) in [7, 11) is 0. The SMILES string of the molecule is O=C(Nc1cccc(Br)n1)C1CCCN1O. The van der Waals surface area contributed by atoms with Gasteiger partial charge in [0.2, 0.25) is 5.91 Å². The molecule has 0 radical (unpaired) electrons. The van der Waals surface area contributed by atoms with Crippen molar-refractivity contribution in [1.82, 2.24) is 10.0 Å². The van der Waals surface area contributed by atoms with Crippen molar-refractivity contribution in [2.75, 3.05) is 11.9 Å². The number of nitrogens with zero attached hydrogens (tertiary/aromatic N) is 2. The first-order valence-corrected chi connectivity index (χ1v) is 5.85. The fourth-order valence-electron chi connectivity index (χ4n) is 1.71. The molecule has 0 aromatic carbocycles. The Balaban J connectivity index is 2.02. The van der Waals surface area contributed by atoms with E-state index in [1.165, 1.54) is 0 Å². The minimum absolute atomic E-state index is 0.217. The van der Waals surface area contributed by atoms with Gasteiger partial charge >= 0.3 is 0 Å². The number of pyridine rings is 1. The van der Waals surface area contributed by atoms with E-state index in [4.69, 9.17) is 0 Å². The Morgan fingerprint density at radius 1 is 1.62 bits per heavy atom. The maximum atomic E-state index is 11.8. The van der Waals surface area contributed by atoms with Gasteiger partial charge in [-0.25, -0.2) is 4.98 Å². The zero-order valence-electron chi connectivity index (χ0n) is 8.56. The summed E-state index contributed by atoms with van der Waals surface area (Å²) in [5.74, 6) is 0.269. The Hall–Kier alpha value is -0.980. The summed E-state index contributed by atoms with van der Waals surface area (Å²) in [4.78, 5) is 15.9. The van der Waals surface area contributed by atoms with E-state index in [0.29, 0.717) is 23.4 Å². The van der Waals surface area contributed by atoms with E-state index in [0.717, 1.165) is 11.5 Å². The van der Waals surface area contributed by atoms with Gasteiger partial charge in [-0.15, -0.1) is 0 Å². The van der Waals surface area contributed by atoms with Crippen LogP contribution >= 0.6 is 15.9 Å². The number of rotatable bonds is 2. The second-order valence-corrected chi connectivity index (χ2v) is 4.47. The summed E-state index contributed by atoms with van der Waals surface area (Å²) < 4.78 is 0.664. The van der Waals surface area contributed by atoms with Crippen molar-refractivity contribution in [3.63, 3.8) is 0 Å². The zero-order chi connectivity index (χ0) is 11.5. The molecule has 16 heavy (non-hydrogen) atoms. The van der Waals surface area contributed by atoms with Gasteiger partial charge < -0.3 is 10.5 Å². The second kappa shape index (κ2) is 4.90. The molecule has 2 heterocycles. The first-order chi connectivity index (χ1) is 7.66. The topological polar surface area (TPSA) is 65.5 Å². The van der Waals surface area contributed by atoms with Gasteiger partial charge in [0.05, 0.1) is 0 Å². The Morgan fingerprint density at radius 3 is 3.06 bits per heavy atom. The summed E-state index contributed by atoms with van der Waals surface area (Å²) in [5.41, 5.74) is 0. The number of aromatic nitrogens is 1. The lowest BCUT2D eigenvalue weighted by Crippen LogP contribution is -2.37. The number of hydrogen-bond acceptors (Lipinski definition) is 4. The molecule has 0 spiro atoms. The summed E-state index contributed by atoms with van der Waals surface area (Å²) in [6.45, 7) is 0.546. The van der Waals surface area contributed by atoms with Gasteiger partial charge in [-0.3, -0.25) is 4.79 Å². The van der Waals surface area contributed by atoms with E-state index in [1.807, 2.05) is 0 Å². The predicted octanol–water partition coefficient (Wildman–Crippen LogP) is 1.64. The molecule has 0 bridgehead atoms. The van der Waals surface area contributed by atoms with Crippen molar-refractivity contribution in [2.45, 2.75) is 18.9 Å². The Labute approximate surface area is 102 Å². The number of hydroxylamine groups is 2. The van der Waals surface area contributed by atoms with Crippen LogP contribution in [0.25, 0.3) is 0 Å². The van der Waals surface area contributed by atoms with Crippen molar-refractivity contribution in [2.24, 2.45) is 0 Å². The molecule has 2 rings (SSSR count). The molecule has 1 aliphatic heterocycles. The number of amides is 1. The molecule has 1 amide bonds. The van der Waals surface area contributed by atoms with Gasteiger partial charge in [0.1, 0.15) is 16.5 Å². The van der Waals surface area contributed by atoms with Crippen LogP contribution in [0.3, 0.4) is 0 Å². The number of nitrogens with one attached hydrogen (secondary N) is 1. The van der Waals surface area contributed by atoms with Crippen molar-refractivity contribution in [3.05, 3.63) is 22.8 Å². The molecule has 1 unspecified atom stereocenters. The lowest BCUT2D eigenvalue weighted by molar-refractivity contribution is -0.140. The van der Waals surface area contributed by atoms with Crippen LogP contribution in [0, 0.1) is 0 Å². The minimum atomic E-state index is -0.458. The molecule has 0 saturated carbocycles. The standard InChI is InChI=1S/C10H12BrN3O2/c11-8-4-1-5-9(12-8)13-10(15)7-3-2-6-14(7)16/h1,4-5,7,16H,2-3,6H2,(H,12,13,15). The average molecular weight is 286 g/mol. The third kappa shape index (κ3) is 2.58. The summed E-state index contributed by atoms with van der Waals surface area (Å²) >= 11 is 3.23. The molecule has 2 N–H and O–H groups in total. The van der Waals surface area contributed by atoms with Gasteiger partial charge in [-0.2, -0.15) is 5.06 Å². The largest absolute Gasteiger partial charge is 0.313 e. The molecule has 1 aliphatic rings. The van der Waals surface area contributed by atoms with E-state index < -0.39 is 6.04 Å². The van der Waals surface area contributed by atoms with Crippen LogP contribution in [-0.4, -0.2) is 33.7 Å². The lowest BCUT2D eigenvalue weighted by Gasteiger charge is -2.16. The zero-order valence-corrected chi connectivity index (χ0v) is 10.1. The molecule has 1 aromatic heterocycles. The fourth-order valence-corrected chi connectivity index (χ4v) is 2.05. The van der Waals surface area contributed by atoms with Gasteiger partial charge in [0, 0.05) is 6.54 Å². The summed E-state index contributed by atoms with van der Waals surface area (Å²) in [6, 6.07) is 4.82. The van der Waals surface area contributed by atoms with Crippen LogP contribution in [0.5, 0.6) is 0 Å². The first kappa shape index (κ1) is 11.5. The van der Waals surface area contributed by atoms with Gasteiger partial charge in [-0.05, 0) is 40.9 Å². The monoisotopic (exact) mass is 285 g/mol. The van der Waals surface area contributed by atoms with E-state index in [2.05, 4.69) is 26.2 Å². The molecule has 1 fully saturated rings. The number of hydrogen-bond donors (Lipinski definition) is 2. The third-order valence-electron chi connectivity index (χ3n) is 2.49. The van der Waals surface area contributed by atoms with E-state index in [9.17, 15) is 10.0 Å². The molecular weight excluding hydrogens is 274 g/mol. The Bertz CT molecular complexity index is 399. The third-order valence-corrected chi connectivity index (χ3v) is 2.94. The first-order valence-electron chi connectivity index (χ1n) is 5.06. The summed E-state index contributed by atoms with van der Waals surface area (Å²) in [5, 5.41) is 13.2. The molecule has 5 nitrogen and oxygen atoms in total. The van der Waals surface area contributed by atoms with Gasteiger partial charge in [0.25, 0.3) is 0 Å². The number of carbonyl (C=O) groups excluding carboxylic acids is 1. The van der Waals surface area contributed by atoms with Crippen LogP contribution in [0.15, 0.2) is 22.8 Å². The van der Waals surface area contributed by atoms with Crippen LogP contribution in [0.1, 0.15) is 12.8 Å². The van der Waals surface area contributed by atoms with Crippen LogP contribution in [0.4, 0.5) is 5.82 Å². The Kier molecular flexibility index (Phi) is 3.52. The fraction of sp³-hybridized carbons (Fsp3) is 0.400. The van der Waals surface area contributed by atoms with E-state index in [-0.39, 0.29) is 5.91 Å². The van der Waals surface area contributed by atoms with Crippen LogP contribution in [-0.2, 0) is 4.79 Å². The number of carbonyl (C=O) groups is 1. The molecule has 1 saturated heterocycles. The summed E-state index contributed by atoms with van der Waals surface area (Å²) in [6.07, 6.45) is 1.51. The van der Waals surface area contributed by atoms with Crippen molar-refractivity contribution >= 4 is 27.7 Å². The van der Waals surface area contributed by atoms with Gasteiger partial charge in [-0.1, -0.05) is 6.07 Å². The highest BCUT2D eigenvalue weighted by atomic mass is 79.9. The highest BCUT2D eigenvalue weighted by molar-refractivity contribution is 9.10. The van der Waals surface area contributed by atoms with Gasteiger partial charge in [0.15, 0.2) is 0 Å². The van der Waals surface area contributed by atoms with E-state index >= 15 is 0 Å². The van der Waals surface area contributed by atoms with Crippen molar-refractivity contribution in [1.29, 1.82) is 0 Å². The predicted molar refractivity (Wildman–Crippen MR) is 62.1 cm³/mol. The highest BCUT2D eigenvalue weighted by Crippen LogP contribution is 2.17. The van der Waals surface area contributed by atoms with E-state index in [1.54, 1.807) is 18.2 Å². The number of halogens is 1. The molecule has 86 valence electrons. The molecule has 6 heteroatoms. The number of anilines is 1. The van der Waals surface area contributed by atoms with Crippen molar-refractivity contribution in [3.8, 4) is 0 Å².